The maximum absolute atomic E-state index is 12.9. The van der Waals surface area contributed by atoms with Crippen LogP contribution in [0, 0.1) is 18.3 Å². The van der Waals surface area contributed by atoms with Crippen molar-refractivity contribution in [2.45, 2.75) is 13.5 Å². The van der Waals surface area contributed by atoms with Gasteiger partial charge in [-0.15, -0.1) is 0 Å². The zero-order chi connectivity index (χ0) is 24.8. The highest BCUT2D eigenvalue weighted by molar-refractivity contribution is 6.32. The first-order valence-corrected chi connectivity index (χ1v) is 11.3. The van der Waals surface area contributed by atoms with Crippen molar-refractivity contribution < 1.29 is 14.3 Å². The van der Waals surface area contributed by atoms with Crippen LogP contribution >= 0.6 is 11.6 Å². The summed E-state index contributed by atoms with van der Waals surface area (Å²) in [5.41, 5.74) is 3.25. The Kier molecular flexibility index (Phi) is 7.35. The predicted octanol–water partition coefficient (Wildman–Crippen LogP) is 6.93. The highest BCUT2D eigenvalue weighted by Gasteiger charge is 2.15. The van der Waals surface area contributed by atoms with Crippen LogP contribution in [0.5, 0.6) is 11.5 Å². The third kappa shape index (κ3) is 5.46. The molecule has 1 N–H and O–H groups in total. The molecule has 1 amide bonds. The predicted molar refractivity (Wildman–Crippen MR) is 140 cm³/mol. The molecule has 4 aromatic carbocycles. The average molecular weight is 483 g/mol. The molecule has 6 heteroatoms. The molecule has 5 nitrogen and oxygen atoms in total. The van der Waals surface area contributed by atoms with Crippen LogP contribution in [0.25, 0.3) is 16.8 Å². The highest BCUT2D eigenvalue weighted by atomic mass is 35.5. The minimum atomic E-state index is -0.515. The third-order valence-electron chi connectivity index (χ3n) is 5.60. The van der Waals surface area contributed by atoms with Gasteiger partial charge in [0.15, 0.2) is 11.5 Å². The SMILES string of the molecule is COc1cc(/C=C(\C#N)C(=O)Nc2cccc3ccccc23)cc(Cl)c1OCc1ccccc1C. The molecule has 174 valence electrons. The van der Waals surface area contributed by atoms with Crippen molar-refractivity contribution in [3.63, 3.8) is 0 Å². The van der Waals surface area contributed by atoms with E-state index in [0.29, 0.717) is 34.4 Å². The number of hydrogen-bond donors (Lipinski definition) is 1. The van der Waals surface area contributed by atoms with E-state index in [0.717, 1.165) is 21.9 Å². The number of nitriles is 1. The Labute approximate surface area is 209 Å². The topological polar surface area (TPSA) is 71.3 Å². The molecule has 0 fully saturated rings. The van der Waals surface area contributed by atoms with E-state index >= 15 is 0 Å². The maximum atomic E-state index is 12.9. The molecule has 0 saturated carbocycles. The zero-order valence-electron chi connectivity index (χ0n) is 19.3. The Morgan fingerprint density at radius 2 is 1.80 bits per heavy atom. The van der Waals surface area contributed by atoms with Crippen LogP contribution in [-0.4, -0.2) is 13.0 Å². The highest BCUT2D eigenvalue weighted by Crippen LogP contribution is 2.37. The Morgan fingerprint density at radius 3 is 2.57 bits per heavy atom. The molecule has 0 spiro atoms. The van der Waals surface area contributed by atoms with Gasteiger partial charge in [0.2, 0.25) is 0 Å². The minimum absolute atomic E-state index is 0.0652. The van der Waals surface area contributed by atoms with Crippen LogP contribution in [0.4, 0.5) is 5.69 Å². The Bertz CT molecular complexity index is 1470. The molecule has 0 aliphatic heterocycles. The van der Waals surface area contributed by atoms with Crippen LogP contribution in [0.1, 0.15) is 16.7 Å². The van der Waals surface area contributed by atoms with Gasteiger partial charge in [-0.25, -0.2) is 0 Å². The second kappa shape index (κ2) is 10.8. The van der Waals surface area contributed by atoms with Crippen molar-refractivity contribution in [1.29, 1.82) is 5.26 Å². The molecule has 0 saturated heterocycles. The molecule has 35 heavy (non-hydrogen) atoms. The molecule has 0 aliphatic carbocycles. The molecule has 4 rings (SSSR count). The largest absolute Gasteiger partial charge is 0.493 e. The number of benzene rings is 4. The summed E-state index contributed by atoms with van der Waals surface area (Å²) < 4.78 is 11.4. The monoisotopic (exact) mass is 482 g/mol. The normalized spacial score (nSPS) is 11.1. The first-order chi connectivity index (χ1) is 17.0. The molecule has 0 bridgehead atoms. The number of methoxy groups -OCH3 is 1. The smallest absolute Gasteiger partial charge is 0.266 e. The first kappa shape index (κ1) is 23.9. The number of fused-ring (bicyclic) bond motifs is 1. The summed E-state index contributed by atoms with van der Waals surface area (Å²) in [4.78, 5) is 12.9. The molecule has 0 radical (unpaired) electrons. The van der Waals surface area contributed by atoms with Crippen molar-refractivity contribution in [2.24, 2.45) is 0 Å². The van der Waals surface area contributed by atoms with E-state index in [2.05, 4.69) is 5.32 Å². The van der Waals surface area contributed by atoms with Gasteiger partial charge < -0.3 is 14.8 Å². The fourth-order valence-corrected chi connectivity index (χ4v) is 4.00. The summed E-state index contributed by atoms with van der Waals surface area (Å²) in [6.07, 6.45) is 1.47. The van der Waals surface area contributed by atoms with Gasteiger partial charge in [-0.2, -0.15) is 5.26 Å². The number of carbonyl (C=O) groups excluding carboxylic acids is 1. The molecule has 4 aromatic rings. The van der Waals surface area contributed by atoms with Crippen LogP contribution in [0.15, 0.2) is 84.4 Å². The molecular formula is C29H23ClN2O3. The Morgan fingerprint density at radius 1 is 1.06 bits per heavy atom. The van der Waals surface area contributed by atoms with Crippen molar-refractivity contribution in [3.05, 3.63) is 106 Å². The lowest BCUT2D eigenvalue weighted by Crippen LogP contribution is -2.13. The minimum Gasteiger partial charge on any atom is -0.493 e. The summed E-state index contributed by atoms with van der Waals surface area (Å²) >= 11 is 6.50. The number of nitrogens with zero attached hydrogens (tertiary/aromatic N) is 1. The van der Waals surface area contributed by atoms with Crippen LogP contribution in [0.3, 0.4) is 0 Å². The van der Waals surface area contributed by atoms with Crippen molar-refractivity contribution in [1.82, 2.24) is 0 Å². The third-order valence-corrected chi connectivity index (χ3v) is 5.88. The first-order valence-electron chi connectivity index (χ1n) is 11.0. The standard InChI is InChI=1S/C29H23ClN2O3/c1-19-8-3-4-10-22(19)18-35-28-25(30)15-20(16-27(28)34-2)14-23(17-31)29(33)32-26-13-7-11-21-9-5-6-12-24(21)26/h3-16H,18H2,1-2H3,(H,32,33)/b23-14+. The number of amides is 1. The second-order valence-electron chi connectivity index (χ2n) is 7.90. The van der Waals surface area contributed by atoms with Crippen molar-refractivity contribution in [2.75, 3.05) is 12.4 Å². The molecular weight excluding hydrogens is 460 g/mol. The van der Waals surface area contributed by atoms with Crippen molar-refractivity contribution >= 4 is 40.0 Å². The fourth-order valence-electron chi connectivity index (χ4n) is 3.72. The maximum Gasteiger partial charge on any atom is 0.266 e. The molecule has 0 atom stereocenters. The van der Waals surface area contributed by atoms with Crippen molar-refractivity contribution in [3.8, 4) is 17.6 Å². The number of hydrogen-bond acceptors (Lipinski definition) is 4. The van der Waals surface area contributed by atoms with Gasteiger partial charge in [0.25, 0.3) is 5.91 Å². The van der Waals surface area contributed by atoms with Gasteiger partial charge >= 0.3 is 0 Å². The van der Waals surface area contributed by atoms with Gasteiger partial charge in [0.05, 0.1) is 12.1 Å². The fraction of sp³-hybridized carbons (Fsp3) is 0.103. The van der Waals surface area contributed by atoms with Gasteiger partial charge in [0.1, 0.15) is 18.2 Å². The summed E-state index contributed by atoms with van der Waals surface area (Å²) in [6, 6.07) is 26.5. The number of anilines is 1. The van der Waals surface area contributed by atoms with Crippen LogP contribution in [-0.2, 0) is 11.4 Å². The lowest BCUT2D eigenvalue weighted by molar-refractivity contribution is -0.112. The number of halogens is 1. The van der Waals surface area contributed by atoms with Gasteiger partial charge in [0, 0.05) is 11.1 Å². The van der Waals surface area contributed by atoms with E-state index in [-0.39, 0.29) is 5.57 Å². The Hall–Kier alpha value is -4.27. The van der Waals surface area contributed by atoms with E-state index in [1.54, 1.807) is 18.2 Å². The summed E-state index contributed by atoms with van der Waals surface area (Å²) in [7, 11) is 1.51. The summed E-state index contributed by atoms with van der Waals surface area (Å²) in [6.45, 7) is 2.34. The quantitative estimate of drug-likeness (QED) is 0.229. The number of carbonyl (C=O) groups is 1. The van der Waals surface area contributed by atoms with Crippen LogP contribution in [0.2, 0.25) is 5.02 Å². The van der Waals surface area contributed by atoms with E-state index in [1.807, 2.05) is 73.7 Å². The van der Waals surface area contributed by atoms with Crippen LogP contribution < -0.4 is 14.8 Å². The average Bonchev–Trinajstić information content (AvgIpc) is 2.87. The number of nitrogens with one attached hydrogen (secondary N) is 1. The second-order valence-corrected chi connectivity index (χ2v) is 8.31. The lowest BCUT2D eigenvalue weighted by atomic mass is 10.1. The van der Waals surface area contributed by atoms with E-state index in [4.69, 9.17) is 21.1 Å². The summed E-state index contributed by atoms with van der Waals surface area (Å²) in [5.74, 6) is 0.288. The molecule has 0 aromatic heterocycles. The van der Waals surface area contributed by atoms with Gasteiger partial charge in [-0.05, 0) is 53.3 Å². The molecule has 0 heterocycles. The van der Waals surface area contributed by atoms with Gasteiger partial charge in [-0.1, -0.05) is 72.3 Å². The number of rotatable bonds is 7. The Balaban J connectivity index is 1.58. The van der Waals surface area contributed by atoms with E-state index < -0.39 is 5.91 Å². The number of ether oxygens (including phenoxy) is 2. The van der Waals surface area contributed by atoms with E-state index in [9.17, 15) is 10.1 Å². The lowest BCUT2D eigenvalue weighted by Gasteiger charge is -2.14. The summed E-state index contributed by atoms with van der Waals surface area (Å²) in [5, 5.41) is 14.7. The van der Waals surface area contributed by atoms with E-state index in [1.165, 1.54) is 13.2 Å². The number of aryl methyl sites for hydroxylation is 1. The molecule has 0 aliphatic rings. The molecule has 0 unspecified atom stereocenters. The van der Waals surface area contributed by atoms with Gasteiger partial charge in [-0.3, -0.25) is 4.79 Å². The zero-order valence-corrected chi connectivity index (χ0v) is 20.1.